The lowest BCUT2D eigenvalue weighted by Crippen LogP contribution is -2.40. The van der Waals surface area contributed by atoms with Gasteiger partial charge >= 0.3 is 0 Å². The smallest absolute Gasteiger partial charge is 0.243 e. The van der Waals surface area contributed by atoms with Crippen molar-refractivity contribution in [2.45, 2.75) is 29.0 Å². The first-order valence-corrected chi connectivity index (χ1v) is 13.2. The zero-order valence-electron chi connectivity index (χ0n) is 17.9. The van der Waals surface area contributed by atoms with Crippen LogP contribution in [-0.2, 0) is 27.1 Å². The van der Waals surface area contributed by atoms with Crippen molar-refractivity contribution in [3.63, 3.8) is 0 Å². The van der Waals surface area contributed by atoms with Crippen molar-refractivity contribution in [2.24, 2.45) is 0 Å². The van der Waals surface area contributed by atoms with E-state index in [1.807, 2.05) is 12.1 Å². The second-order valence-corrected chi connectivity index (χ2v) is 10.7. The van der Waals surface area contributed by atoms with Gasteiger partial charge in [-0.2, -0.15) is 4.31 Å². The van der Waals surface area contributed by atoms with Gasteiger partial charge in [-0.05, 0) is 48.0 Å². The Morgan fingerprint density at radius 1 is 1.00 bits per heavy atom. The van der Waals surface area contributed by atoms with E-state index in [9.17, 15) is 8.42 Å². The van der Waals surface area contributed by atoms with E-state index in [-0.39, 0.29) is 0 Å². The van der Waals surface area contributed by atoms with Crippen molar-refractivity contribution >= 4 is 43.6 Å². The fraction of sp³-hybridized carbons (Fsp3) is 0.292. The van der Waals surface area contributed by atoms with Crippen molar-refractivity contribution < 1.29 is 13.2 Å². The van der Waals surface area contributed by atoms with Gasteiger partial charge in [0, 0.05) is 24.5 Å². The molecule has 1 fully saturated rings. The molecule has 4 aromatic rings. The lowest BCUT2D eigenvalue weighted by molar-refractivity contribution is 0.0730. The average molecular weight is 468 g/mol. The molecule has 5 rings (SSSR count). The Morgan fingerprint density at radius 3 is 2.56 bits per heavy atom. The molecule has 0 amide bonds. The van der Waals surface area contributed by atoms with Gasteiger partial charge in [-0.3, -0.25) is 0 Å². The molecular weight excluding hydrogens is 442 g/mol. The highest BCUT2D eigenvalue weighted by molar-refractivity contribution is 7.98. The van der Waals surface area contributed by atoms with Crippen molar-refractivity contribution in [1.29, 1.82) is 0 Å². The highest BCUT2D eigenvalue weighted by atomic mass is 32.2. The zero-order chi connectivity index (χ0) is 22.1. The second kappa shape index (κ2) is 8.86. The number of hydrogen-bond donors (Lipinski definition) is 0. The summed E-state index contributed by atoms with van der Waals surface area (Å²) >= 11 is 1.74. The van der Waals surface area contributed by atoms with E-state index < -0.39 is 10.0 Å². The summed E-state index contributed by atoms with van der Waals surface area (Å²) in [6.45, 7) is 4.50. The summed E-state index contributed by atoms with van der Waals surface area (Å²) in [5.41, 5.74) is 1.68. The minimum absolute atomic E-state index is 0.293. The van der Waals surface area contributed by atoms with E-state index in [2.05, 4.69) is 47.9 Å². The van der Waals surface area contributed by atoms with Crippen LogP contribution in [0.5, 0.6) is 0 Å². The molecule has 3 aromatic carbocycles. The maximum Gasteiger partial charge on any atom is 0.243 e. The summed E-state index contributed by atoms with van der Waals surface area (Å²) in [6.07, 6.45) is 0. The van der Waals surface area contributed by atoms with E-state index in [4.69, 9.17) is 9.72 Å². The quantitative estimate of drug-likeness (QED) is 0.390. The molecule has 1 saturated heterocycles. The highest BCUT2D eigenvalue weighted by Crippen LogP contribution is 2.29. The number of aryl methyl sites for hydroxylation is 1. The Labute approximate surface area is 192 Å². The molecule has 1 aliphatic heterocycles. The Bertz CT molecular complexity index is 1380. The molecule has 0 N–H and O–H groups in total. The molecule has 0 bridgehead atoms. The van der Waals surface area contributed by atoms with Crippen LogP contribution in [0.25, 0.3) is 21.8 Å². The third kappa shape index (κ3) is 4.03. The van der Waals surface area contributed by atoms with Crippen LogP contribution >= 0.6 is 11.8 Å². The lowest BCUT2D eigenvalue weighted by atomic mass is 10.1. The lowest BCUT2D eigenvalue weighted by Gasteiger charge is -2.26. The third-order valence-corrected chi connectivity index (χ3v) is 8.70. The molecule has 1 aliphatic rings. The molecular formula is C24H25N3O3S2. The van der Waals surface area contributed by atoms with Gasteiger partial charge in [0.15, 0.2) is 0 Å². The number of morpholine rings is 1. The fourth-order valence-corrected chi connectivity index (χ4v) is 6.44. The summed E-state index contributed by atoms with van der Waals surface area (Å²) in [5, 5.41) is 2.45. The number of rotatable bonds is 6. The average Bonchev–Trinajstić information content (AvgIpc) is 3.20. The van der Waals surface area contributed by atoms with Crippen LogP contribution in [0, 0.1) is 0 Å². The zero-order valence-corrected chi connectivity index (χ0v) is 19.5. The maximum atomic E-state index is 13.0. The fourth-order valence-electron chi connectivity index (χ4n) is 4.12. The summed E-state index contributed by atoms with van der Waals surface area (Å²) in [6, 6.07) is 20.1. The molecule has 166 valence electrons. The number of hydrogen-bond acceptors (Lipinski definition) is 5. The normalized spacial score (nSPS) is 15.5. The van der Waals surface area contributed by atoms with Crippen molar-refractivity contribution in [1.82, 2.24) is 13.9 Å². The minimum Gasteiger partial charge on any atom is -0.379 e. The van der Waals surface area contributed by atoms with Crippen LogP contribution in [0.3, 0.4) is 0 Å². The van der Waals surface area contributed by atoms with Gasteiger partial charge in [-0.25, -0.2) is 13.4 Å². The topological polar surface area (TPSA) is 64.4 Å². The Morgan fingerprint density at radius 2 is 1.78 bits per heavy atom. The molecule has 0 saturated carbocycles. The molecule has 0 radical (unpaired) electrons. The SMILES string of the molecule is CCn1c(CSc2ccc3ccccc3c2)nc2cc(S(=O)(=O)N3CCOCC3)ccc21. The Kier molecular flexibility index (Phi) is 5.94. The van der Waals surface area contributed by atoms with Gasteiger partial charge in [0.05, 0.1) is 34.9 Å². The van der Waals surface area contributed by atoms with Crippen molar-refractivity contribution in [3.05, 3.63) is 66.5 Å². The van der Waals surface area contributed by atoms with Gasteiger partial charge in [0.1, 0.15) is 5.82 Å². The summed E-state index contributed by atoms with van der Waals surface area (Å²) < 4.78 is 35.0. The molecule has 8 heteroatoms. The number of fused-ring (bicyclic) bond motifs is 2. The van der Waals surface area contributed by atoms with Crippen molar-refractivity contribution in [2.75, 3.05) is 26.3 Å². The molecule has 0 unspecified atom stereocenters. The first-order chi connectivity index (χ1) is 15.6. The maximum absolute atomic E-state index is 13.0. The van der Waals surface area contributed by atoms with Crippen LogP contribution in [0.1, 0.15) is 12.7 Å². The minimum atomic E-state index is -3.54. The number of nitrogens with zero attached hydrogens (tertiary/aromatic N) is 3. The van der Waals surface area contributed by atoms with Crippen LogP contribution in [0.4, 0.5) is 0 Å². The van der Waals surface area contributed by atoms with E-state index >= 15 is 0 Å². The Hall–Kier alpha value is -2.39. The van der Waals surface area contributed by atoms with Crippen molar-refractivity contribution in [3.8, 4) is 0 Å². The first-order valence-electron chi connectivity index (χ1n) is 10.7. The largest absolute Gasteiger partial charge is 0.379 e. The van der Waals surface area contributed by atoms with E-state index in [1.54, 1.807) is 23.9 Å². The predicted molar refractivity (Wildman–Crippen MR) is 128 cm³/mol. The van der Waals surface area contributed by atoms with Gasteiger partial charge in [0.2, 0.25) is 10.0 Å². The van der Waals surface area contributed by atoms with Gasteiger partial charge in [-0.15, -0.1) is 11.8 Å². The number of imidazole rings is 1. The van der Waals surface area contributed by atoms with Gasteiger partial charge in [-0.1, -0.05) is 30.3 Å². The molecule has 2 heterocycles. The third-order valence-electron chi connectivity index (χ3n) is 5.81. The van der Waals surface area contributed by atoms with E-state index in [0.29, 0.717) is 37.0 Å². The molecule has 0 atom stereocenters. The van der Waals surface area contributed by atoms with Crippen LogP contribution in [0.2, 0.25) is 0 Å². The Balaban J connectivity index is 1.42. The van der Waals surface area contributed by atoms with Gasteiger partial charge in [0.25, 0.3) is 0 Å². The summed E-state index contributed by atoms with van der Waals surface area (Å²) in [5.74, 6) is 1.66. The monoisotopic (exact) mass is 467 g/mol. The summed E-state index contributed by atoms with van der Waals surface area (Å²) in [7, 11) is -3.54. The van der Waals surface area contributed by atoms with Crippen LogP contribution < -0.4 is 0 Å². The van der Waals surface area contributed by atoms with Crippen LogP contribution in [-0.4, -0.2) is 48.6 Å². The number of sulfonamides is 1. The van der Waals surface area contributed by atoms with Crippen LogP contribution in [0.15, 0.2) is 70.5 Å². The first kappa shape index (κ1) is 21.5. The number of aromatic nitrogens is 2. The van der Waals surface area contributed by atoms with Gasteiger partial charge < -0.3 is 9.30 Å². The molecule has 0 spiro atoms. The number of thioether (sulfide) groups is 1. The summed E-state index contributed by atoms with van der Waals surface area (Å²) in [4.78, 5) is 6.30. The standard InChI is InChI=1S/C24H25N3O3S2/c1-2-27-23-10-9-21(32(28,29)26-11-13-30-14-12-26)16-22(23)25-24(27)17-31-20-8-7-18-5-3-4-6-19(18)15-20/h3-10,15-16H,2,11-14,17H2,1H3. The number of ether oxygens (including phenoxy) is 1. The molecule has 6 nitrogen and oxygen atoms in total. The highest BCUT2D eigenvalue weighted by Gasteiger charge is 2.27. The van der Waals surface area contributed by atoms with E-state index in [0.717, 1.165) is 23.4 Å². The number of benzene rings is 3. The molecule has 1 aromatic heterocycles. The van der Waals surface area contributed by atoms with E-state index in [1.165, 1.54) is 20.0 Å². The second-order valence-electron chi connectivity index (χ2n) is 7.74. The molecule has 0 aliphatic carbocycles. The predicted octanol–water partition coefficient (Wildman–Crippen LogP) is 4.52. The molecule has 32 heavy (non-hydrogen) atoms.